The molecule has 100 valence electrons. The summed E-state index contributed by atoms with van der Waals surface area (Å²) < 4.78 is 4.94. The lowest BCUT2D eigenvalue weighted by atomic mass is 10.2. The summed E-state index contributed by atoms with van der Waals surface area (Å²) in [6.45, 7) is 2.58. The van der Waals surface area contributed by atoms with Crippen LogP contribution < -0.4 is 4.90 Å². The highest BCUT2D eigenvalue weighted by Crippen LogP contribution is 2.16. The van der Waals surface area contributed by atoms with E-state index in [9.17, 15) is 4.79 Å². The molecule has 6 heteroatoms. The summed E-state index contributed by atoms with van der Waals surface area (Å²) in [5.74, 6) is -0.433. The van der Waals surface area contributed by atoms with Crippen molar-refractivity contribution in [3.05, 3.63) is 41.4 Å². The smallest absolute Gasteiger partial charge is 0.354 e. The van der Waals surface area contributed by atoms with Gasteiger partial charge in [-0.05, 0) is 18.6 Å². The van der Waals surface area contributed by atoms with E-state index in [1.54, 1.807) is 18.4 Å². The number of aryl methyl sites for hydroxylation is 1. The van der Waals surface area contributed by atoms with E-state index >= 15 is 0 Å². The minimum absolute atomic E-state index is 0.0328. The maximum atomic E-state index is 10.9. The van der Waals surface area contributed by atoms with Gasteiger partial charge in [0.2, 0.25) is 0 Å². The Hall–Kier alpha value is -2.37. The Morgan fingerprint density at radius 3 is 2.95 bits per heavy atom. The van der Waals surface area contributed by atoms with Gasteiger partial charge in [-0.15, -0.1) is 0 Å². The molecule has 0 aliphatic heterocycles. The Bertz CT molecular complexity index is 580. The van der Waals surface area contributed by atoms with Gasteiger partial charge in [-0.2, -0.15) is 0 Å². The molecule has 19 heavy (non-hydrogen) atoms. The van der Waals surface area contributed by atoms with Crippen LogP contribution in [0, 0.1) is 0 Å². The number of aromatic nitrogens is 2. The van der Waals surface area contributed by atoms with Crippen LogP contribution in [-0.2, 0) is 13.0 Å². The molecular formula is C13H15N3O3. The lowest BCUT2D eigenvalue weighted by molar-refractivity contribution is 0.0690. The summed E-state index contributed by atoms with van der Waals surface area (Å²) in [6.07, 6.45) is 2.40. The highest BCUT2D eigenvalue weighted by Gasteiger charge is 2.12. The standard InChI is InChI=1S/C13H15N3O3/c1-3-10-9(8-19-15-10)7-16(2)12-6-4-5-11(14-12)13(17)18/h4-6,8H,3,7H2,1-2H3,(H,17,18). The lowest BCUT2D eigenvalue weighted by Gasteiger charge is -2.17. The van der Waals surface area contributed by atoms with Crippen molar-refractivity contribution in [2.75, 3.05) is 11.9 Å². The number of pyridine rings is 1. The number of carboxylic acids is 1. The maximum Gasteiger partial charge on any atom is 0.354 e. The third-order valence-electron chi connectivity index (χ3n) is 2.82. The molecule has 0 atom stereocenters. The van der Waals surface area contributed by atoms with Gasteiger partial charge in [0.05, 0.1) is 5.69 Å². The van der Waals surface area contributed by atoms with E-state index < -0.39 is 5.97 Å². The zero-order valence-corrected chi connectivity index (χ0v) is 10.8. The third kappa shape index (κ3) is 2.90. The van der Waals surface area contributed by atoms with Crippen molar-refractivity contribution in [2.45, 2.75) is 19.9 Å². The quantitative estimate of drug-likeness (QED) is 0.886. The number of carboxylic acid groups (broad SMARTS) is 1. The second-order valence-corrected chi connectivity index (χ2v) is 4.18. The Morgan fingerprint density at radius 2 is 2.26 bits per heavy atom. The van der Waals surface area contributed by atoms with Gasteiger partial charge in [0.1, 0.15) is 12.1 Å². The molecule has 2 rings (SSSR count). The van der Waals surface area contributed by atoms with Crippen molar-refractivity contribution in [3.8, 4) is 0 Å². The van der Waals surface area contributed by atoms with Crippen LogP contribution in [0.4, 0.5) is 5.82 Å². The Balaban J connectivity index is 2.18. The van der Waals surface area contributed by atoms with Crippen molar-refractivity contribution in [2.24, 2.45) is 0 Å². The van der Waals surface area contributed by atoms with Gasteiger partial charge in [-0.25, -0.2) is 9.78 Å². The van der Waals surface area contributed by atoms with Crippen LogP contribution in [0.5, 0.6) is 0 Å². The Morgan fingerprint density at radius 1 is 1.47 bits per heavy atom. The van der Waals surface area contributed by atoms with Gasteiger partial charge in [0.25, 0.3) is 0 Å². The molecule has 0 saturated carbocycles. The third-order valence-corrected chi connectivity index (χ3v) is 2.82. The fraction of sp³-hybridized carbons (Fsp3) is 0.308. The first-order valence-corrected chi connectivity index (χ1v) is 5.95. The van der Waals surface area contributed by atoms with E-state index in [1.165, 1.54) is 6.07 Å². The summed E-state index contributed by atoms with van der Waals surface area (Å²) in [5.41, 5.74) is 1.92. The predicted molar refractivity (Wildman–Crippen MR) is 69.2 cm³/mol. The molecule has 2 aromatic rings. The zero-order valence-electron chi connectivity index (χ0n) is 10.8. The largest absolute Gasteiger partial charge is 0.477 e. The molecule has 0 bridgehead atoms. The first-order valence-electron chi connectivity index (χ1n) is 5.95. The Labute approximate surface area is 110 Å². The Kier molecular flexibility index (Phi) is 3.79. The second-order valence-electron chi connectivity index (χ2n) is 4.18. The van der Waals surface area contributed by atoms with Crippen LogP contribution in [-0.4, -0.2) is 28.3 Å². The second kappa shape index (κ2) is 5.51. The molecule has 0 radical (unpaired) electrons. The van der Waals surface area contributed by atoms with Crippen LogP contribution in [0.15, 0.2) is 29.0 Å². The molecule has 0 unspecified atom stereocenters. The molecule has 0 aromatic carbocycles. The van der Waals surface area contributed by atoms with Gasteiger partial charge in [0, 0.05) is 19.2 Å². The van der Waals surface area contributed by atoms with E-state index in [-0.39, 0.29) is 5.69 Å². The summed E-state index contributed by atoms with van der Waals surface area (Å²) >= 11 is 0. The zero-order chi connectivity index (χ0) is 13.8. The van der Waals surface area contributed by atoms with Crippen molar-refractivity contribution >= 4 is 11.8 Å². The number of hydrogen-bond acceptors (Lipinski definition) is 5. The molecule has 6 nitrogen and oxygen atoms in total. The summed E-state index contributed by atoms with van der Waals surface area (Å²) in [6, 6.07) is 4.92. The summed E-state index contributed by atoms with van der Waals surface area (Å²) in [4.78, 5) is 16.8. The summed E-state index contributed by atoms with van der Waals surface area (Å²) in [7, 11) is 1.85. The van der Waals surface area contributed by atoms with E-state index in [4.69, 9.17) is 9.63 Å². The molecule has 0 amide bonds. The molecule has 2 aromatic heterocycles. The SMILES string of the molecule is CCc1nocc1CN(C)c1cccc(C(=O)O)n1. The van der Waals surface area contributed by atoms with Gasteiger partial charge >= 0.3 is 5.97 Å². The minimum Gasteiger partial charge on any atom is -0.477 e. The molecule has 0 fully saturated rings. The molecule has 1 N–H and O–H groups in total. The number of anilines is 1. The van der Waals surface area contributed by atoms with Gasteiger partial charge in [-0.3, -0.25) is 0 Å². The monoisotopic (exact) mass is 261 g/mol. The van der Waals surface area contributed by atoms with Crippen LogP contribution in [0.2, 0.25) is 0 Å². The van der Waals surface area contributed by atoms with Crippen molar-refractivity contribution in [3.63, 3.8) is 0 Å². The molecule has 0 aliphatic carbocycles. The highest BCUT2D eigenvalue weighted by atomic mass is 16.5. The maximum absolute atomic E-state index is 10.9. The van der Waals surface area contributed by atoms with Crippen LogP contribution >= 0.6 is 0 Å². The normalized spacial score (nSPS) is 10.4. The van der Waals surface area contributed by atoms with E-state index in [2.05, 4.69) is 10.1 Å². The van der Waals surface area contributed by atoms with Crippen molar-refractivity contribution < 1.29 is 14.4 Å². The first-order chi connectivity index (χ1) is 9.11. The number of aromatic carboxylic acids is 1. The summed E-state index contributed by atoms with van der Waals surface area (Å²) in [5, 5.41) is 12.8. The van der Waals surface area contributed by atoms with Gasteiger partial charge < -0.3 is 14.5 Å². The average Bonchev–Trinajstić information content (AvgIpc) is 2.86. The molecule has 0 saturated heterocycles. The fourth-order valence-electron chi connectivity index (χ4n) is 1.79. The molecule has 0 spiro atoms. The molecule has 0 aliphatic rings. The van der Waals surface area contributed by atoms with Gasteiger partial charge in [-0.1, -0.05) is 18.1 Å². The topological polar surface area (TPSA) is 79.5 Å². The predicted octanol–water partition coefficient (Wildman–Crippen LogP) is 1.97. The van der Waals surface area contributed by atoms with Crippen LogP contribution in [0.25, 0.3) is 0 Å². The number of hydrogen-bond donors (Lipinski definition) is 1. The van der Waals surface area contributed by atoms with E-state index in [0.717, 1.165) is 17.7 Å². The molecular weight excluding hydrogens is 246 g/mol. The van der Waals surface area contributed by atoms with Crippen LogP contribution in [0.1, 0.15) is 28.7 Å². The van der Waals surface area contributed by atoms with Crippen LogP contribution in [0.3, 0.4) is 0 Å². The lowest BCUT2D eigenvalue weighted by Crippen LogP contribution is -2.19. The van der Waals surface area contributed by atoms with Gasteiger partial charge in [0.15, 0.2) is 5.69 Å². The van der Waals surface area contributed by atoms with E-state index in [0.29, 0.717) is 12.4 Å². The first kappa shape index (κ1) is 13.1. The number of rotatable bonds is 5. The average molecular weight is 261 g/mol. The highest BCUT2D eigenvalue weighted by molar-refractivity contribution is 5.85. The van der Waals surface area contributed by atoms with E-state index in [1.807, 2.05) is 18.9 Å². The number of nitrogens with zero attached hydrogens (tertiary/aromatic N) is 3. The van der Waals surface area contributed by atoms with Crippen molar-refractivity contribution in [1.82, 2.24) is 10.1 Å². The fourth-order valence-corrected chi connectivity index (χ4v) is 1.79. The minimum atomic E-state index is -1.03. The van der Waals surface area contributed by atoms with Crippen molar-refractivity contribution in [1.29, 1.82) is 0 Å². The molecule has 2 heterocycles. The number of carbonyl (C=O) groups is 1.